The Labute approximate surface area is 173 Å². The first-order valence-corrected chi connectivity index (χ1v) is 11.2. The fourth-order valence-electron chi connectivity index (χ4n) is 3.36. The van der Waals surface area contributed by atoms with E-state index in [1.807, 2.05) is 30.3 Å². The Morgan fingerprint density at radius 1 is 1.14 bits per heavy atom. The van der Waals surface area contributed by atoms with E-state index in [1.54, 1.807) is 16.8 Å². The summed E-state index contributed by atoms with van der Waals surface area (Å²) in [5.41, 5.74) is 2.46. The molecule has 3 aromatic rings. The van der Waals surface area contributed by atoms with Gasteiger partial charge in [-0.05, 0) is 23.1 Å². The maximum atomic E-state index is 12.8. The van der Waals surface area contributed by atoms with Crippen molar-refractivity contribution in [2.45, 2.75) is 26.2 Å². The van der Waals surface area contributed by atoms with Crippen LogP contribution < -0.4 is 10.2 Å². The van der Waals surface area contributed by atoms with E-state index in [4.69, 9.17) is 0 Å². The van der Waals surface area contributed by atoms with Gasteiger partial charge in [0.25, 0.3) is 5.91 Å². The number of benzene rings is 1. The topological polar surface area (TPSA) is 85.6 Å². The monoisotopic (exact) mass is 411 g/mol. The third-order valence-electron chi connectivity index (χ3n) is 5.10. The summed E-state index contributed by atoms with van der Waals surface area (Å²) in [5, 5.41) is 7.26. The largest absolute Gasteiger partial charge is 0.616 e. The van der Waals surface area contributed by atoms with Crippen LogP contribution in [0.5, 0.6) is 0 Å². The van der Waals surface area contributed by atoms with Gasteiger partial charge in [0.15, 0.2) is 5.65 Å². The quantitative estimate of drug-likeness (QED) is 0.670. The molecule has 1 saturated heterocycles. The van der Waals surface area contributed by atoms with Crippen molar-refractivity contribution >= 4 is 34.4 Å². The molecule has 1 aromatic carbocycles. The summed E-state index contributed by atoms with van der Waals surface area (Å²) in [4.78, 5) is 19.4. The highest BCUT2D eigenvalue weighted by molar-refractivity contribution is 7.91. The fraction of sp³-hybridized carbons (Fsp3) is 0.381. The standard InChI is InChI=1S/C21H25N5O2S/c1-21(2,3)16-6-4-15(5-7-16)20(27)24-17-14-19(25-10-12-29(28)13-11-25)26-18(23-17)8-9-22-26/h4-9,14H,10-13H2,1-3H3,(H,23,24,27). The molecule has 0 aliphatic carbocycles. The number of anilines is 2. The molecular weight excluding hydrogens is 386 g/mol. The Morgan fingerprint density at radius 3 is 2.48 bits per heavy atom. The molecule has 152 valence electrons. The normalized spacial score (nSPS) is 15.7. The Kier molecular flexibility index (Phi) is 5.23. The SMILES string of the molecule is CC(C)(C)c1ccc(C(=O)Nc2cc(N3CC[S+]([O-])CC3)n3nccc3n2)cc1. The van der Waals surface area contributed by atoms with Gasteiger partial charge in [0.05, 0.1) is 19.3 Å². The van der Waals surface area contributed by atoms with Crippen molar-refractivity contribution in [3.63, 3.8) is 0 Å². The summed E-state index contributed by atoms with van der Waals surface area (Å²) < 4.78 is 13.5. The first-order valence-electron chi connectivity index (χ1n) is 9.68. The molecule has 0 atom stereocenters. The van der Waals surface area contributed by atoms with Gasteiger partial charge in [0.1, 0.15) is 23.1 Å². The summed E-state index contributed by atoms with van der Waals surface area (Å²) in [5.74, 6) is 2.38. The van der Waals surface area contributed by atoms with E-state index in [0.29, 0.717) is 41.6 Å². The molecule has 2 aromatic heterocycles. The number of nitrogens with one attached hydrogen (secondary N) is 1. The highest BCUT2D eigenvalue weighted by atomic mass is 32.2. The van der Waals surface area contributed by atoms with Crippen molar-refractivity contribution in [2.75, 3.05) is 34.8 Å². The van der Waals surface area contributed by atoms with Crippen molar-refractivity contribution in [1.82, 2.24) is 14.6 Å². The average Bonchev–Trinajstić information content (AvgIpc) is 3.16. The molecule has 8 heteroatoms. The summed E-state index contributed by atoms with van der Waals surface area (Å²) in [6.07, 6.45) is 1.69. The summed E-state index contributed by atoms with van der Waals surface area (Å²) in [7, 11) is 0. The van der Waals surface area contributed by atoms with Crippen LogP contribution in [0.25, 0.3) is 5.65 Å². The van der Waals surface area contributed by atoms with E-state index in [9.17, 15) is 9.35 Å². The number of carbonyl (C=O) groups is 1. The number of carbonyl (C=O) groups excluding carboxylic acids is 1. The fourth-order valence-corrected chi connectivity index (χ4v) is 4.42. The van der Waals surface area contributed by atoms with Crippen LogP contribution in [-0.2, 0) is 16.6 Å². The maximum Gasteiger partial charge on any atom is 0.256 e. The number of aromatic nitrogens is 3. The predicted octanol–water partition coefficient (Wildman–Crippen LogP) is 2.85. The van der Waals surface area contributed by atoms with Gasteiger partial charge >= 0.3 is 0 Å². The van der Waals surface area contributed by atoms with Crippen LogP contribution in [-0.4, -0.2) is 49.7 Å². The van der Waals surface area contributed by atoms with Gasteiger partial charge < -0.3 is 14.8 Å². The summed E-state index contributed by atoms with van der Waals surface area (Å²) >= 11 is -0.763. The lowest BCUT2D eigenvalue weighted by molar-refractivity contribution is 0.102. The Bertz CT molecular complexity index is 1020. The lowest BCUT2D eigenvalue weighted by atomic mass is 9.87. The molecule has 1 N–H and O–H groups in total. The van der Waals surface area contributed by atoms with Gasteiger partial charge in [0, 0.05) is 17.7 Å². The molecular formula is C21H25N5O2S. The van der Waals surface area contributed by atoms with Crippen LogP contribution >= 0.6 is 0 Å². The van der Waals surface area contributed by atoms with Crippen LogP contribution in [0.3, 0.4) is 0 Å². The van der Waals surface area contributed by atoms with E-state index in [-0.39, 0.29) is 11.3 Å². The zero-order chi connectivity index (χ0) is 20.6. The lowest BCUT2D eigenvalue weighted by Crippen LogP contribution is -2.41. The molecule has 1 aliphatic rings. The molecule has 1 amide bonds. The van der Waals surface area contributed by atoms with E-state index in [1.165, 1.54) is 5.56 Å². The third-order valence-corrected chi connectivity index (χ3v) is 6.37. The molecule has 1 fully saturated rings. The second-order valence-electron chi connectivity index (χ2n) is 8.22. The molecule has 0 saturated carbocycles. The Morgan fingerprint density at radius 2 is 1.83 bits per heavy atom. The number of hydrogen-bond donors (Lipinski definition) is 1. The van der Waals surface area contributed by atoms with Crippen molar-refractivity contribution in [3.05, 3.63) is 53.7 Å². The number of rotatable bonds is 3. The molecule has 0 radical (unpaired) electrons. The van der Waals surface area contributed by atoms with Crippen molar-refractivity contribution in [2.24, 2.45) is 0 Å². The smallest absolute Gasteiger partial charge is 0.256 e. The van der Waals surface area contributed by atoms with Gasteiger partial charge in [-0.15, -0.1) is 0 Å². The average molecular weight is 412 g/mol. The number of hydrogen-bond acceptors (Lipinski definition) is 5. The minimum Gasteiger partial charge on any atom is -0.616 e. The van der Waals surface area contributed by atoms with E-state index >= 15 is 0 Å². The van der Waals surface area contributed by atoms with E-state index in [2.05, 4.69) is 41.1 Å². The summed E-state index contributed by atoms with van der Waals surface area (Å²) in [6, 6.07) is 11.3. The molecule has 4 rings (SSSR count). The lowest BCUT2D eigenvalue weighted by Gasteiger charge is -2.30. The van der Waals surface area contributed by atoms with Crippen LogP contribution in [0.4, 0.5) is 11.6 Å². The van der Waals surface area contributed by atoms with Crippen LogP contribution in [0.15, 0.2) is 42.6 Å². The number of nitrogens with zero attached hydrogens (tertiary/aromatic N) is 4. The van der Waals surface area contributed by atoms with Crippen LogP contribution in [0, 0.1) is 0 Å². The van der Waals surface area contributed by atoms with E-state index < -0.39 is 11.2 Å². The Hall–Kier alpha value is -2.58. The van der Waals surface area contributed by atoms with Crippen molar-refractivity contribution in [1.29, 1.82) is 0 Å². The second-order valence-corrected chi connectivity index (χ2v) is 9.91. The minimum atomic E-state index is -0.763. The van der Waals surface area contributed by atoms with Crippen LogP contribution in [0.2, 0.25) is 0 Å². The molecule has 0 bridgehead atoms. The first kappa shape index (κ1) is 19.7. The molecule has 29 heavy (non-hydrogen) atoms. The van der Waals surface area contributed by atoms with Crippen molar-refractivity contribution < 1.29 is 9.35 Å². The molecule has 0 spiro atoms. The highest BCUT2D eigenvalue weighted by Crippen LogP contribution is 2.24. The van der Waals surface area contributed by atoms with Gasteiger partial charge in [-0.3, -0.25) is 4.79 Å². The molecule has 3 heterocycles. The molecule has 1 aliphatic heterocycles. The zero-order valence-corrected chi connectivity index (χ0v) is 17.7. The number of amides is 1. The van der Waals surface area contributed by atoms with E-state index in [0.717, 1.165) is 5.82 Å². The predicted molar refractivity (Wildman–Crippen MR) is 116 cm³/mol. The summed E-state index contributed by atoms with van der Waals surface area (Å²) in [6.45, 7) is 7.81. The highest BCUT2D eigenvalue weighted by Gasteiger charge is 2.23. The van der Waals surface area contributed by atoms with Gasteiger partial charge in [-0.2, -0.15) is 9.61 Å². The van der Waals surface area contributed by atoms with Crippen LogP contribution in [0.1, 0.15) is 36.7 Å². The minimum absolute atomic E-state index is 0.0383. The number of fused-ring (bicyclic) bond motifs is 1. The molecule has 0 unspecified atom stereocenters. The second kappa shape index (κ2) is 7.68. The van der Waals surface area contributed by atoms with Gasteiger partial charge in [-0.25, -0.2) is 4.98 Å². The van der Waals surface area contributed by atoms with Crippen molar-refractivity contribution in [3.8, 4) is 0 Å². The molecule has 7 nitrogen and oxygen atoms in total. The van der Waals surface area contributed by atoms with Gasteiger partial charge in [0.2, 0.25) is 0 Å². The first-order chi connectivity index (χ1) is 13.8. The third kappa shape index (κ3) is 4.23. The maximum absolute atomic E-state index is 12.8. The van der Waals surface area contributed by atoms with Gasteiger partial charge in [-0.1, -0.05) is 44.1 Å². The Balaban J connectivity index is 1.58. The zero-order valence-electron chi connectivity index (χ0n) is 16.9.